The Kier molecular flexibility index (Phi) is 3.17. The van der Waals surface area contributed by atoms with Crippen molar-refractivity contribution < 1.29 is 0 Å². The number of rotatable bonds is 3. The molecule has 0 unspecified atom stereocenters. The summed E-state index contributed by atoms with van der Waals surface area (Å²) in [4.78, 5) is 0. The van der Waals surface area contributed by atoms with Gasteiger partial charge in [-0.15, -0.1) is 0 Å². The van der Waals surface area contributed by atoms with Gasteiger partial charge in [0.2, 0.25) is 0 Å². The molecule has 1 heterocycles. The molecule has 0 radical (unpaired) electrons. The van der Waals surface area contributed by atoms with Gasteiger partial charge in [-0.2, -0.15) is 0 Å². The highest BCUT2D eigenvalue weighted by Gasteiger charge is 2.09. The monoisotopic (exact) mass is 286 g/mol. The zero-order chi connectivity index (χ0) is 14.9. The Balaban J connectivity index is 1.95. The fourth-order valence-corrected chi connectivity index (χ4v) is 3.15. The van der Waals surface area contributed by atoms with Crippen LogP contribution < -0.4 is 5.73 Å². The van der Waals surface area contributed by atoms with Gasteiger partial charge in [-0.25, -0.2) is 0 Å². The fourth-order valence-electron chi connectivity index (χ4n) is 3.15. The highest BCUT2D eigenvalue weighted by molar-refractivity contribution is 5.88. The Bertz CT molecular complexity index is 950. The normalized spacial score (nSPS) is 11.3. The lowest BCUT2D eigenvalue weighted by molar-refractivity contribution is 0.967. The van der Waals surface area contributed by atoms with Crippen molar-refractivity contribution in [3.8, 4) is 5.69 Å². The van der Waals surface area contributed by atoms with Gasteiger partial charge in [0.05, 0.1) is 5.52 Å². The van der Waals surface area contributed by atoms with Crippen molar-refractivity contribution >= 4 is 21.7 Å². The molecule has 0 bridgehead atoms. The van der Waals surface area contributed by atoms with Crippen molar-refractivity contribution in [3.63, 3.8) is 0 Å². The summed E-state index contributed by atoms with van der Waals surface area (Å²) >= 11 is 0. The van der Waals surface area contributed by atoms with Crippen LogP contribution in [0.1, 0.15) is 5.56 Å². The van der Waals surface area contributed by atoms with Gasteiger partial charge >= 0.3 is 0 Å². The van der Waals surface area contributed by atoms with E-state index >= 15 is 0 Å². The summed E-state index contributed by atoms with van der Waals surface area (Å²) in [5.74, 6) is 0. The van der Waals surface area contributed by atoms with Gasteiger partial charge in [0, 0.05) is 17.3 Å². The summed E-state index contributed by atoms with van der Waals surface area (Å²) in [7, 11) is 0. The molecule has 0 aliphatic carbocycles. The number of aromatic nitrogens is 1. The maximum atomic E-state index is 5.76. The molecule has 4 rings (SSSR count). The third-order valence-electron chi connectivity index (χ3n) is 4.22. The summed E-state index contributed by atoms with van der Waals surface area (Å²) in [5, 5.41) is 3.82. The Morgan fingerprint density at radius 3 is 2.45 bits per heavy atom. The summed E-state index contributed by atoms with van der Waals surface area (Å²) < 4.78 is 2.27. The van der Waals surface area contributed by atoms with Crippen LogP contribution in [0.15, 0.2) is 72.9 Å². The van der Waals surface area contributed by atoms with Crippen molar-refractivity contribution in [1.82, 2.24) is 4.57 Å². The van der Waals surface area contributed by atoms with Crippen molar-refractivity contribution in [2.45, 2.75) is 6.42 Å². The highest BCUT2D eigenvalue weighted by Crippen LogP contribution is 2.27. The Morgan fingerprint density at radius 1 is 0.818 bits per heavy atom. The summed E-state index contributed by atoms with van der Waals surface area (Å²) in [6.07, 6.45) is 3.13. The largest absolute Gasteiger partial charge is 0.330 e. The van der Waals surface area contributed by atoms with Crippen LogP contribution in [0.3, 0.4) is 0 Å². The van der Waals surface area contributed by atoms with Gasteiger partial charge < -0.3 is 10.3 Å². The Labute approximate surface area is 129 Å². The van der Waals surface area contributed by atoms with Crippen molar-refractivity contribution in [2.75, 3.05) is 6.54 Å². The number of nitrogens with zero attached hydrogens (tertiary/aromatic N) is 1. The van der Waals surface area contributed by atoms with Crippen LogP contribution in [-0.2, 0) is 6.42 Å². The molecule has 0 saturated heterocycles. The van der Waals surface area contributed by atoms with Gasteiger partial charge in [0.25, 0.3) is 0 Å². The molecule has 0 aliphatic rings. The molecule has 3 aromatic carbocycles. The number of hydrogen-bond donors (Lipinski definition) is 1. The molecule has 2 heteroatoms. The molecule has 22 heavy (non-hydrogen) atoms. The van der Waals surface area contributed by atoms with E-state index in [4.69, 9.17) is 5.73 Å². The average molecular weight is 286 g/mol. The van der Waals surface area contributed by atoms with Crippen LogP contribution in [0.25, 0.3) is 27.4 Å². The number of benzene rings is 3. The standard InChI is InChI=1S/C20H18N2/c21-12-11-17-14-22(20-8-4-3-7-19(17)20)18-10-9-15-5-1-2-6-16(15)13-18/h1-10,13-14H,11-12,21H2. The van der Waals surface area contributed by atoms with Crippen LogP contribution in [0.5, 0.6) is 0 Å². The molecule has 0 atom stereocenters. The summed E-state index contributed by atoms with van der Waals surface area (Å²) in [6, 6.07) is 23.6. The summed E-state index contributed by atoms with van der Waals surface area (Å²) in [6.45, 7) is 0.672. The first-order valence-electron chi connectivity index (χ1n) is 7.65. The average Bonchev–Trinajstić information content (AvgIpc) is 2.94. The number of nitrogens with two attached hydrogens (primary N) is 1. The van der Waals surface area contributed by atoms with E-state index in [1.165, 1.54) is 32.9 Å². The third kappa shape index (κ3) is 2.09. The maximum Gasteiger partial charge on any atom is 0.0531 e. The van der Waals surface area contributed by atoms with Crippen molar-refractivity contribution in [1.29, 1.82) is 0 Å². The third-order valence-corrected chi connectivity index (χ3v) is 4.22. The van der Waals surface area contributed by atoms with Gasteiger partial charge in [0.1, 0.15) is 0 Å². The molecule has 1 aromatic heterocycles. The van der Waals surface area contributed by atoms with E-state index in [0.717, 1.165) is 6.42 Å². The Hall–Kier alpha value is -2.58. The van der Waals surface area contributed by atoms with E-state index in [1.54, 1.807) is 0 Å². The molecule has 4 aromatic rings. The number of fused-ring (bicyclic) bond motifs is 2. The quantitative estimate of drug-likeness (QED) is 0.598. The van der Waals surface area contributed by atoms with Crippen LogP contribution in [0.2, 0.25) is 0 Å². The zero-order valence-electron chi connectivity index (χ0n) is 12.4. The van der Waals surface area contributed by atoms with Gasteiger partial charge in [-0.05, 0) is 47.5 Å². The van der Waals surface area contributed by atoms with Gasteiger partial charge in [-0.3, -0.25) is 0 Å². The van der Waals surface area contributed by atoms with Crippen LogP contribution >= 0.6 is 0 Å². The SMILES string of the molecule is NCCc1cn(-c2ccc3ccccc3c2)c2ccccc12. The fraction of sp³-hybridized carbons (Fsp3) is 0.100. The lowest BCUT2D eigenvalue weighted by Gasteiger charge is -2.07. The molecule has 2 N–H and O–H groups in total. The van der Waals surface area contributed by atoms with Gasteiger partial charge in [-0.1, -0.05) is 48.5 Å². The predicted molar refractivity (Wildman–Crippen MR) is 93.5 cm³/mol. The van der Waals surface area contributed by atoms with Crippen molar-refractivity contribution in [2.24, 2.45) is 5.73 Å². The predicted octanol–water partition coefficient (Wildman–Crippen LogP) is 4.28. The van der Waals surface area contributed by atoms with E-state index in [1.807, 2.05) is 0 Å². The number of hydrogen-bond acceptors (Lipinski definition) is 1. The lowest BCUT2D eigenvalue weighted by atomic mass is 10.1. The minimum atomic E-state index is 0.672. The van der Waals surface area contributed by atoms with Gasteiger partial charge in [0.15, 0.2) is 0 Å². The van der Waals surface area contributed by atoms with E-state index < -0.39 is 0 Å². The molecule has 0 fully saturated rings. The summed E-state index contributed by atoms with van der Waals surface area (Å²) in [5.41, 5.74) is 9.51. The maximum absolute atomic E-state index is 5.76. The van der Waals surface area contributed by atoms with Crippen molar-refractivity contribution in [3.05, 3.63) is 78.5 Å². The second-order valence-corrected chi connectivity index (χ2v) is 5.61. The molecular formula is C20H18N2. The lowest BCUT2D eigenvalue weighted by Crippen LogP contribution is -2.02. The first kappa shape index (κ1) is 13.1. The molecular weight excluding hydrogens is 268 g/mol. The molecule has 0 aliphatic heterocycles. The molecule has 0 amide bonds. The topological polar surface area (TPSA) is 30.9 Å². The second-order valence-electron chi connectivity index (χ2n) is 5.61. The first-order valence-corrected chi connectivity index (χ1v) is 7.65. The smallest absolute Gasteiger partial charge is 0.0531 e. The minimum absolute atomic E-state index is 0.672. The molecule has 2 nitrogen and oxygen atoms in total. The molecule has 0 saturated carbocycles. The van der Waals surface area contributed by atoms with E-state index in [0.29, 0.717) is 6.54 Å². The Morgan fingerprint density at radius 2 is 1.59 bits per heavy atom. The van der Waals surface area contributed by atoms with E-state index in [9.17, 15) is 0 Å². The minimum Gasteiger partial charge on any atom is -0.330 e. The molecule has 108 valence electrons. The number of para-hydroxylation sites is 1. The van der Waals surface area contributed by atoms with E-state index in [-0.39, 0.29) is 0 Å². The zero-order valence-corrected chi connectivity index (χ0v) is 12.4. The van der Waals surface area contributed by atoms with Crippen LogP contribution in [0.4, 0.5) is 0 Å². The first-order chi connectivity index (χ1) is 10.9. The van der Waals surface area contributed by atoms with Crippen LogP contribution in [-0.4, -0.2) is 11.1 Å². The van der Waals surface area contributed by atoms with Crippen LogP contribution in [0, 0.1) is 0 Å². The molecule has 0 spiro atoms. The van der Waals surface area contributed by atoms with E-state index in [2.05, 4.69) is 77.5 Å². The second kappa shape index (κ2) is 5.32. The highest BCUT2D eigenvalue weighted by atomic mass is 15.0.